The van der Waals surface area contributed by atoms with Gasteiger partial charge in [0.05, 0.1) is 0 Å². The summed E-state index contributed by atoms with van der Waals surface area (Å²) in [5, 5.41) is 11.1. The van der Waals surface area contributed by atoms with Crippen LogP contribution in [0.25, 0.3) is 0 Å². The molecular formula is C17H21F2N5O3S. The molecule has 28 heavy (non-hydrogen) atoms. The molecule has 2 atom stereocenters. The largest absolute Gasteiger partial charge is 0.321 e. The number of carbonyl (C=O) groups is 1. The molecule has 1 fully saturated rings. The first-order valence-electron chi connectivity index (χ1n) is 8.64. The molecule has 0 spiro atoms. The summed E-state index contributed by atoms with van der Waals surface area (Å²) in [6, 6.07) is 2.47. The Hall–Kier alpha value is -2.40. The van der Waals surface area contributed by atoms with E-state index >= 15 is 0 Å². The number of nitrogens with zero attached hydrogens (tertiary/aromatic N) is 3. The van der Waals surface area contributed by atoms with Gasteiger partial charge in [0.15, 0.2) is 5.03 Å². The number of rotatable bonds is 6. The zero-order valence-corrected chi connectivity index (χ0v) is 16.4. The van der Waals surface area contributed by atoms with E-state index < -0.39 is 32.6 Å². The van der Waals surface area contributed by atoms with Crippen molar-refractivity contribution in [3.63, 3.8) is 0 Å². The molecule has 0 aliphatic heterocycles. The molecule has 1 unspecified atom stereocenters. The minimum absolute atomic E-state index is 0.0181. The van der Waals surface area contributed by atoms with Crippen LogP contribution in [0.15, 0.2) is 23.4 Å². The Labute approximate surface area is 161 Å². The zero-order chi connectivity index (χ0) is 20.9. The second-order valence-corrected chi connectivity index (χ2v) is 8.76. The summed E-state index contributed by atoms with van der Waals surface area (Å²) in [6.45, 7) is 4.56. The Morgan fingerprint density at radius 2 is 2.11 bits per heavy atom. The lowest BCUT2D eigenvalue weighted by atomic mass is 10.1. The maximum absolute atomic E-state index is 13.9. The standard InChI is InChI=1S/C17H21F2N5O3S/c1-9-6-11(9)8-24-14(10(2)15(23-24)17(3,18)19)16(25)22-12-4-5-21-13(7-12)28(20,26)27/h4-5,7,9,11H,6,8H2,1-3H3,(H2,20,26,27)(H,21,22,25)/t9-,11?/m1/s1. The number of aromatic nitrogens is 3. The second kappa shape index (κ2) is 6.89. The Bertz CT molecular complexity index is 1030. The predicted octanol–water partition coefficient (Wildman–Crippen LogP) is 2.25. The van der Waals surface area contributed by atoms with Crippen LogP contribution in [0.2, 0.25) is 0 Å². The molecule has 1 amide bonds. The van der Waals surface area contributed by atoms with Gasteiger partial charge in [-0.3, -0.25) is 9.48 Å². The van der Waals surface area contributed by atoms with E-state index in [-0.39, 0.29) is 22.9 Å². The summed E-state index contributed by atoms with van der Waals surface area (Å²) in [5.74, 6) is -3.14. The van der Waals surface area contributed by atoms with Gasteiger partial charge < -0.3 is 5.32 Å². The Morgan fingerprint density at radius 3 is 2.64 bits per heavy atom. The summed E-state index contributed by atoms with van der Waals surface area (Å²) in [6.07, 6.45) is 2.12. The average Bonchev–Trinajstić information content (AvgIpc) is 3.13. The molecule has 1 aliphatic rings. The molecule has 0 aromatic carbocycles. The molecule has 11 heteroatoms. The van der Waals surface area contributed by atoms with E-state index in [1.807, 2.05) is 6.92 Å². The van der Waals surface area contributed by atoms with Gasteiger partial charge in [-0.05, 0) is 31.2 Å². The molecule has 8 nitrogen and oxygen atoms in total. The van der Waals surface area contributed by atoms with Crippen molar-refractivity contribution < 1.29 is 22.0 Å². The van der Waals surface area contributed by atoms with E-state index in [1.165, 1.54) is 23.9 Å². The molecule has 2 heterocycles. The highest BCUT2D eigenvalue weighted by Gasteiger charge is 2.38. The fraction of sp³-hybridized carbons (Fsp3) is 0.471. The SMILES string of the molecule is Cc1c(C(C)(F)F)nn(CC2C[C@H]2C)c1C(=O)Nc1ccnc(S(N)(=O)=O)c1. The van der Waals surface area contributed by atoms with Gasteiger partial charge in [0.2, 0.25) is 0 Å². The van der Waals surface area contributed by atoms with E-state index in [0.29, 0.717) is 12.5 Å². The molecule has 0 radical (unpaired) electrons. The average molecular weight is 413 g/mol. The number of hydrogen-bond acceptors (Lipinski definition) is 5. The zero-order valence-electron chi connectivity index (χ0n) is 15.6. The van der Waals surface area contributed by atoms with Gasteiger partial charge >= 0.3 is 0 Å². The maximum atomic E-state index is 13.9. The van der Waals surface area contributed by atoms with E-state index in [4.69, 9.17) is 5.14 Å². The van der Waals surface area contributed by atoms with Crippen LogP contribution in [0.1, 0.15) is 42.0 Å². The lowest BCUT2D eigenvalue weighted by Crippen LogP contribution is -2.20. The van der Waals surface area contributed by atoms with Gasteiger partial charge in [0, 0.05) is 37.0 Å². The molecule has 152 valence electrons. The maximum Gasteiger partial charge on any atom is 0.289 e. The van der Waals surface area contributed by atoms with Crippen molar-refractivity contribution in [2.75, 3.05) is 5.32 Å². The minimum Gasteiger partial charge on any atom is -0.321 e. The van der Waals surface area contributed by atoms with Gasteiger partial charge in [-0.25, -0.2) is 18.5 Å². The highest BCUT2D eigenvalue weighted by atomic mass is 32.2. The van der Waals surface area contributed by atoms with Gasteiger partial charge in [-0.1, -0.05) is 6.92 Å². The van der Waals surface area contributed by atoms with E-state index in [1.54, 1.807) is 0 Å². The van der Waals surface area contributed by atoms with Crippen LogP contribution in [-0.4, -0.2) is 29.1 Å². The number of amides is 1. The van der Waals surface area contributed by atoms with Crippen LogP contribution in [0, 0.1) is 18.8 Å². The van der Waals surface area contributed by atoms with Gasteiger partial charge in [0.25, 0.3) is 21.9 Å². The number of nitrogens with one attached hydrogen (secondary N) is 1. The predicted molar refractivity (Wildman–Crippen MR) is 97.4 cm³/mol. The molecule has 1 saturated carbocycles. The topological polar surface area (TPSA) is 120 Å². The molecule has 0 bridgehead atoms. The third-order valence-electron chi connectivity index (χ3n) is 4.79. The minimum atomic E-state index is -4.05. The third kappa shape index (κ3) is 4.20. The monoisotopic (exact) mass is 413 g/mol. The Kier molecular flexibility index (Phi) is 5.00. The fourth-order valence-corrected chi connectivity index (χ4v) is 3.60. The number of sulfonamides is 1. The van der Waals surface area contributed by atoms with Crippen molar-refractivity contribution in [1.29, 1.82) is 0 Å². The molecule has 3 rings (SSSR count). The summed E-state index contributed by atoms with van der Waals surface area (Å²) in [7, 11) is -4.05. The van der Waals surface area contributed by atoms with Crippen molar-refractivity contribution in [2.45, 2.75) is 44.7 Å². The van der Waals surface area contributed by atoms with Gasteiger partial charge in [-0.2, -0.15) is 13.9 Å². The Balaban J connectivity index is 1.95. The van der Waals surface area contributed by atoms with Gasteiger partial charge in [0.1, 0.15) is 11.4 Å². The van der Waals surface area contributed by atoms with Crippen LogP contribution in [0.5, 0.6) is 0 Å². The third-order valence-corrected chi connectivity index (χ3v) is 5.59. The molecule has 3 N–H and O–H groups in total. The molecule has 2 aromatic rings. The number of nitrogens with two attached hydrogens (primary N) is 1. The number of carbonyl (C=O) groups excluding carboxylic acids is 1. The first-order chi connectivity index (χ1) is 12.9. The fourth-order valence-electron chi connectivity index (χ4n) is 3.10. The van der Waals surface area contributed by atoms with Gasteiger partial charge in [-0.15, -0.1) is 0 Å². The van der Waals surface area contributed by atoms with Crippen molar-refractivity contribution in [2.24, 2.45) is 17.0 Å². The normalized spacial score (nSPS) is 19.5. The first-order valence-corrected chi connectivity index (χ1v) is 10.2. The van der Waals surface area contributed by atoms with E-state index in [0.717, 1.165) is 19.4 Å². The number of pyridine rings is 1. The van der Waals surface area contributed by atoms with Crippen molar-refractivity contribution in [3.8, 4) is 0 Å². The number of alkyl halides is 2. The summed E-state index contributed by atoms with van der Waals surface area (Å²) in [5.41, 5.74) is -0.227. The molecular weight excluding hydrogens is 392 g/mol. The van der Waals surface area contributed by atoms with Crippen molar-refractivity contribution in [3.05, 3.63) is 35.3 Å². The van der Waals surface area contributed by atoms with E-state index in [2.05, 4.69) is 15.4 Å². The lowest BCUT2D eigenvalue weighted by Gasteiger charge is -2.10. The van der Waals surface area contributed by atoms with Crippen LogP contribution in [0.3, 0.4) is 0 Å². The number of primary sulfonamides is 1. The number of halogens is 2. The lowest BCUT2D eigenvalue weighted by molar-refractivity contribution is 0.0114. The Morgan fingerprint density at radius 1 is 1.46 bits per heavy atom. The number of anilines is 1. The highest BCUT2D eigenvalue weighted by molar-refractivity contribution is 7.89. The van der Waals surface area contributed by atoms with Crippen LogP contribution in [0.4, 0.5) is 14.5 Å². The molecule has 2 aromatic heterocycles. The van der Waals surface area contributed by atoms with Crippen molar-refractivity contribution in [1.82, 2.24) is 14.8 Å². The van der Waals surface area contributed by atoms with Crippen molar-refractivity contribution >= 4 is 21.6 Å². The summed E-state index contributed by atoms with van der Waals surface area (Å²) < 4.78 is 52.0. The first kappa shape index (κ1) is 20.3. The van der Waals surface area contributed by atoms with E-state index in [9.17, 15) is 22.0 Å². The quantitative estimate of drug-likeness (QED) is 0.753. The summed E-state index contributed by atoms with van der Waals surface area (Å²) in [4.78, 5) is 16.5. The summed E-state index contributed by atoms with van der Waals surface area (Å²) >= 11 is 0. The second-order valence-electron chi connectivity index (χ2n) is 7.25. The highest BCUT2D eigenvalue weighted by Crippen LogP contribution is 2.40. The smallest absolute Gasteiger partial charge is 0.289 e. The van der Waals surface area contributed by atoms with Crippen LogP contribution in [-0.2, 0) is 22.5 Å². The molecule has 0 saturated heterocycles. The molecule has 1 aliphatic carbocycles. The van der Waals surface area contributed by atoms with Crippen LogP contribution < -0.4 is 10.5 Å². The number of hydrogen-bond donors (Lipinski definition) is 2. The van der Waals surface area contributed by atoms with Crippen LogP contribution >= 0.6 is 0 Å².